The van der Waals surface area contributed by atoms with Crippen LogP contribution in [0.5, 0.6) is 0 Å². The van der Waals surface area contributed by atoms with E-state index in [4.69, 9.17) is 5.11 Å². The maximum absolute atomic E-state index is 12.3. The number of rotatable bonds is 4. The molecule has 0 bridgehead atoms. The van der Waals surface area contributed by atoms with E-state index < -0.39 is 24.2 Å². The van der Waals surface area contributed by atoms with Crippen LogP contribution in [-0.2, 0) is 4.79 Å². The Morgan fingerprint density at radius 1 is 1.33 bits per heavy atom. The van der Waals surface area contributed by atoms with Crippen LogP contribution in [0.25, 0.3) is 0 Å². The molecule has 6 heteroatoms. The first kappa shape index (κ1) is 11.2. The van der Waals surface area contributed by atoms with Gasteiger partial charge in [-0.2, -0.15) is 17.6 Å². The average molecular weight is 188 g/mol. The fraction of sp³-hybridized carbons (Fsp3) is 0.833. The number of carboxylic acid groups (broad SMARTS) is 1. The second-order valence-electron chi connectivity index (χ2n) is 2.33. The normalized spacial score (nSPS) is 13.1. The summed E-state index contributed by atoms with van der Waals surface area (Å²) in [4.78, 5) is 9.71. The Kier molecular flexibility index (Phi) is 3.06. The van der Waals surface area contributed by atoms with Crippen LogP contribution in [0.1, 0.15) is 19.8 Å². The van der Waals surface area contributed by atoms with E-state index in [0.717, 1.165) is 0 Å². The molecule has 0 unspecified atom stereocenters. The van der Waals surface area contributed by atoms with Crippen molar-refractivity contribution in [1.82, 2.24) is 0 Å². The first-order valence-corrected chi connectivity index (χ1v) is 3.24. The highest BCUT2D eigenvalue weighted by molar-refractivity contribution is 5.76. The van der Waals surface area contributed by atoms with Crippen molar-refractivity contribution in [3.8, 4) is 0 Å². The molecule has 0 radical (unpaired) electrons. The van der Waals surface area contributed by atoms with Crippen molar-refractivity contribution < 1.29 is 27.5 Å². The second-order valence-corrected chi connectivity index (χ2v) is 2.33. The van der Waals surface area contributed by atoms with Crippen molar-refractivity contribution in [2.75, 3.05) is 0 Å². The molecule has 0 atom stereocenters. The third kappa shape index (κ3) is 1.86. The third-order valence-corrected chi connectivity index (χ3v) is 1.29. The number of hydrogen-bond donors (Lipinski definition) is 1. The molecule has 1 N–H and O–H groups in total. The summed E-state index contributed by atoms with van der Waals surface area (Å²) < 4.78 is 49.0. The van der Waals surface area contributed by atoms with Crippen molar-refractivity contribution in [2.45, 2.75) is 31.6 Å². The van der Waals surface area contributed by atoms with Gasteiger partial charge in [0.25, 0.3) is 0 Å². The fourth-order valence-electron chi connectivity index (χ4n) is 0.627. The zero-order valence-corrected chi connectivity index (χ0v) is 6.28. The molecule has 0 aromatic heterocycles. The molecule has 0 amide bonds. The van der Waals surface area contributed by atoms with Gasteiger partial charge in [0.2, 0.25) is 0 Å². The monoisotopic (exact) mass is 188 g/mol. The highest BCUT2D eigenvalue weighted by atomic mass is 19.3. The van der Waals surface area contributed by atoms with Crippen LogP contribution < -0.4 is 0 Å². The molecule has 2 nitrogen and oxygen atoms in total. The Hall–Kier alpha value is -0.810. The van der Waals surface area contributed by atoms with E-state index in [1.165, 1.54) is 6.92 Å². The van der Waals surface area contributed by atoms with E-state index in [2.05, 4.69) is 0 Å². The summed E-state index contributed by atoms with van der Waals surface area (Å²) in [6.07, 6.45) is -1.33. The molecule has 0 aliphatic carbocycles. The molecule has 0 aliphatic heterocycles. The van der Waals surface area contributed by atoms with Crippen molar-refractivity contribution in [1.29, 1.82) is 0 Å². The van der Waals surface area contributed by atoms with Gasteiger partial charge in [-0.05, 0) is 0 Å². The lowest BCUT2D eigenvalue weighted by Crippen LogP contribution is -2.46. The Bertz CT molecular complexity index is 178. The minimum Gasteiger partial charge on any atom is -0.477 e. The van der Waals surface area contributed by atoms with E-state index in [9.17, 15) is 22.4 Å². The van der Waals surface area contributed by atoms with Gasteiger partial charge in [0.15, 0.2) is 0 Å². The molecule has 0 saturated heterocycles. The van der Waals surface area contributed by atoms with Crippen molar-refractivity contribution in [3.63, 3.8) is 0 Å². The number of carboxylic acids is 1. The quantitative estimate of drug-likeness (QED) is 0.686. The van der Waals surface area contributed by atoms with Crippen molar-refractivity contribution in [2.24, 2.45) is 0 Å². The number of hydrogen-bond acceptors (Lipinski definition) is 1. The van der Waals surface area contributed by atoms with E-state index in [1.54, 1.807) is 0 Å². The highest BCUT2D eigenvalue weighted by Crippen LogP contribution is 2.37. The van der Waals surface area contributed by atoms with Gasteiger partial charge in [-0.15, -0.1) is 0 Å². The first-order valence-electron chi connectivity index (χ1n) is 3.24. The fourth-order valence-corrected chi connectivity index (χ4v) is 0.627. The summed E-state index contributed by atoms with van der Waals surface area (Å²) in [5.41, 5.74) is 0. The predicted octanol–water partition coefficient (Wildman–Crippen LogP) is 2.14. The Balaban J connectivity index is 4.62. The van der Waals surface area contributed by atoms with E-state index in [-0.39, 0.29) is 6.42 Å². The number of carbonyl (C=O) groups is 1. The Labute approximate surface area is 66.2 Å². The highest BCUT2D eigenvalue weighted by Gasteiger charge is 2.61. The molecule has 72 valence electrons. The molecule has 0 rings (SSSR count). The molecular weight excluding hydrogens is 180 g/mol. The Morgan fingerprint density at radius 2 is 1.75 bits per heavy atom. The molecule has 0 spiro atoms. The molecule has 0 heterocycles. The molecule has 0 saturated carbocycles. The van der Waals surface area contributed by atoms with Crippen LogP contribution in [0, 0.1) is 0 Å². The van der Waals surface area contributed by atoms with Gasteiger partial charge in [0, 0.05) is 6.42 Å². The lowest BCUT2D eigenvalue weighted by Gasteiger charge is -2.21. The zero-order chi connectivity index (χ0) is 9.99. The summed E-state index contributed by atoms with van der Waals surface area (Å²) in [7, 11) is 0. The summed E-state index contributed by atoms with van der Waals surface area (Å²) in [5.74, 6) is -12.2. The van der Waals surface area contributed by atoms with Gasteiger partial charge >= 0.3 is 17.8 Å². The lowest BCUT2D eigenvalue weighted by atomic mass is 10.1. The molecule has 0 aliphatic rings. The molecule has 0 aromatic carbocycles. The molecule has 0 fully saturated rings. The van der Waals surface area contributed by atoms with E-state index in [0.29, 0.717) is 0 Å². The number of halogens is 4. The maximum Gasteiger partial charge on any atom is 0.404 e. The number of aliphatic carboxylic acids is 1. The van der Waals surface area contributed by atoms with E-state index >= 15 is 0 Å². The van der Waals surface area contributed by atoms with Crippen LogP contribution in [0.4, 0.5) is 17.6 Å². The maximum atomic E-state index is 12.3. The number of alkyl halides is 4. The van der Waals surface area contributed by atoms with Gasteiger partial charge < -0.3 is 5.11 Å². The molecule has 12 heavy (non-hydrogen) atoms. The average Bonchev–Trinajstić information content (AvgIpc) is 1.86. The van der Waals surface area contributed by atoms with Crippen LogP contribution in [-0.4, -0.2) is 22.9 Å². The van der Waals surface area contributed by atoms with Gasteiger partial charge in [0.1, 0.15) is 0 Å². The van der Waals surface area contributed by atoms with Gasteiger partial charge in [0.05, 0.1) is 0 Å². The minimum atomic E-state index is -4.97. The van der Waals surface area contributed by atoms with Crippen molar-refractivity contribution >= 4 is 5.97 Å². The summed E-state index contributed by atoms with van der Waals surface area (Å²) in [6.45, 7) is 1.27. The van der Waals surface area contributed by atoms with Gasteiger partial charge in [-0.25, -0.2) is 4.79 Å². The predicted molar refractivity (Wildman–Crippen MR) is 32.4 cm³/mol. The lowest BCUT2D eigenvalue weighted by molar-refractivity contribution is -0.225. The smallest absolute Gasteiger partial charge is 0.404 e. The SMILES string of the molecule is CCCC(F)(F)C(F)(F)C(=O)O. The molecular formula is C6H8F4O2. The van der Waals surface area contributed by atoms with Gasteiger partial charge in [-0.1, -0.05) is 13.3 Å². The van der Waals surface area contributed by atoms with Crippen molar-refractivity contribution in [3.05, 3.63) is 0 Å². The van der Waals surface area contributed by atoms with Crippen LogP contribution in [0.2, 0.25) is 0 Å². The van der Waals surface area contributed by atoms with E-state index in [1.807, 2.05) is 0 Å². The van der Waals surface area contributed by atoms with Crippen LogP contribution >= 0.6 is 0 Å². The van der Waals surface area contributed by atoms with Gasteiger partial charge in [-0.3, -0.25) is 0 Å². The summed E-state index contributed by atoms with van der Waals surface area (Å²) >= 11 is 0. The standard InChI is InChI=1S/C6H8F4O2/c1-2-3-5(7,8)6(9,10)4(11)12/h2-3H2,1H3,(H,11,12). The van der Waals surface area contributed by atoms with Crippen LogP contribution in [0.3, 0.4) is 0 Å². The third-order valence-electron chi connectivity index (χ3n) is 1.29. The summed E-state index contributed by atoms with van der Waals surface area (Å²) in [6, 6.07) is 0. The van der Waals surface area contributed by atoms with Crippen LogP contribution in [0.15, 0.2) is 0 Å². The largest absolute Gasteiger partial charge is 0.477 e. The second kappa shape index (κ2) is 3.28. The summed E-state index contributed by atoms with van der Waals surface area (Å²) in [5, 5.41) is 7.77. The Morgan fingerprint density at radius 3 is 2.00 bits per heavy atom. The topological polar surface area (TPSA) is 37.3 Å². The first-order chi connectivity index (χ1) is 5.25. The zero-order valence-electron chi connectivity index (χ0n) is 6.28. The molecule has 0 aromatic rings. The minimum absolute atomic E-state index is 0.199.